The van der Waals surface area contributed by atoms with Gasteiger partial charge in [-0.15, -0.1) is 0 Å². The zero-order valence-electron chi connectivity index (χ0n) is 16.4. The monoisotopic (exact) mass is 386 g/mol. The van der Waals surface area contributed by atoms with Gasteiger partial charge in [0.15, 0.2) is 0 Å². The van der Waals surface area contributed by atoms with Crippen molar-refractivity contribution in [3.8, 4) is 23.0 Å². The van der Waals surface area contributed by atoms with Crippen molar-refractivity contribution in [1.82, 2.24) is 14.7 Å². The highest BCUT2D eigenvalue weighted by Gasteiger charge is 2.15. The molecule has 2 aromatic carbocycles. The summed E-state index contributed by atoms with van der Waals surface area (Å²) in [4.78, 5) is 17.0. The highest BCUT2D eigenvalue weighted by molar-refractivity contribution is 5.90. The van der Waals surface area contributed by atoms with E-state index in [1.807, 2.05) is 72.9 Å². The molecule has 0 fully saturated rings. The number of rotatable bonds is 6. The minimum absolute atomic E-state index is 0.123. The molecule has 0 bridgehead atoms. The second kappa shape index (κ2) is 8.14. The van der Waals surface area contributed by atoms with Gasteiger partial charge in [0.2, 0.25) is 11.7 Å². The lowest BCUT2D eigenvalue weighted by Gasteiger charge is -2.10. The van der Waals surface area contributed by atoms with Crippen LogP contribution in [0.3, 0.4) is 0 Å². The second-order valence-corrected chi connectivity index (χ2v) is 7.14. The zero-order valence-corrected chi connectivity index (χ0v) is 16.4. The van der Waals surface area contributed by atoms with Gasteiger partial charge in [-0.3, -0.25) is 4.79 Å². The summed E-state index contributed by atoms with van der Waals surface area (Å²) in [5.41, 5.74) is 3.59. The average Bonchev–Trinajstić information content (AvgIpc) is 3.38. The molecule has 0 saturated carbocycles. The van der Waals surface area contributed by atoms with Crippen LogP contribution in [-0.2, 0) is 11.3 Å². The number of nitrogens with one attached hydrogen (secondary N) is 1. The summed E-state index contributed by atoms with van der Waals surface area (Å²) in [7, 11) is 0. The van der Waals surface area contributed by atoms with Crippen LogP contribution in [0.5, 0.6) is 0 Å². The Labute approximate surface area is 169 Å². The first-order chi connectivity index (χ1) is 14.1. The second-order valence-electron chi connectivity index (χ2n) is 7.14. The third kappa shape index (κ3) is 4.27. The summed E-state index contributed by atoms with van der Waals surface area (Å²) >= 11 is 0. The Kier molecular flexibility index (Phi) is 5.24. The Morgan fingerprint density at radius 1 is 1.03 bits per heavy atom. The van der Waals surface area contributed by atoms with E-state index in [-0.39, 0.29) is 12.5 Å². The van der Waals surface area contributed by atoms with Crippen LogP contribution in [0.15, 0.2) is 77.4 Å². The SMILES string of the molecule is CC(C)c1ccc(NC(=O)Cn2cccc2-c2nc(-c3ccccc3)no2)cc1. The Balaban J connectivity index is 1.47. The molecule has 6 nitrogen and oxygen atoms in total. The summed E-state index contributed by atoms with van der Waals surface area (Å²) < 4.78 is 7.22. The quantitative estimate of drug-likeness (QED) is 0.508. The van der Waals surface area contributed by atoms with Crippen molar-refractivity contribution in [2.24, 2.45) is 0 Å². The van der Waals surface area contributed by atoms with Gasteiger partial charge in [-0.1, -0.05) is 61.5 Å². The van der Waals surface area contributed by atoms with Gasteiger partial charge in [-0.2, -0.15) is 4.98 Å². The third-order valence-corrected chi connectivity index (χ3v) is 4.68. The van der Waals surface area contributed by atoms with E-state index in [2.05, 4.69) is 29.3 Å². The molecule has 29 heavy (non-hydrogen) atoms. The first-order valence-electron chi connectivity index (χ1n) is 9.54. The van der Waals surface area contributed by atoms with Crippen molar-refractivity contribution in [2.45, 2.75) is 26.3 Å². The van der Waals surface area contributed by atoms with Crippen molar-refractivity contribution in [1.29, 1.82) is 0 Å². The molecule has 0 aliphatic carbocycles. The Morgan fingerprint density at radius 2 is 1.79 bits per heavy atom. The number of hydrogen-bond donors (Lipinski definition) is 1. The van der Waals surface area contributed by atoms with E-state index >= 15 is 0 Å². The lowest BCUT2D eigenvalue weighted by molar-refractivity contribution is -0.116. The zero-order chi connectivity index (χ0) is 20.2. The van der Waals surface area contributed by atoms with Gasteiger partial charge in [-0.25, -0.2) is 0 Å². The molecule has 0 spiro atoms. The lowest BCUT2D eigenvalue weighted by atomic mass is 10.0. The summed E-state index contributed by atoms with van der Waals surface area (Å²) in [6, 6.07) is 21.2. The largest absolute Gasteiger partial charge is 0.334 e. The molecular formula is C23H22N4O2. The van der Waals surface area contributed by atoms with Crippen molar-refractivity contribution in [2.75, 3.05) is 5.32 Å². The molecule has 4 aromatic rings. The van der Waals surface area contributed by atoms with Gasteiger partial charge in [0.25, 0.3) is 5.89 Å². The predicted octanol–water partition coefficient (Wildman–Crippen LogP) is 4.97. The van der Waals surface area contributed by atoms with E-state index in [9.17, 15) is 4.79 Å². The third-order valence-electron chi connectivity index (χ3n) is 4.68. The van der Waals surface area contributed by atoms with Gasteiger partial charge < -0.3 is 14.4 Å². The fourth-order valence-electron chi connectivity index (χ4n) is 3.08. The molecule has 0 radical (unpaired) electrons. The van der Waals surface area contributed by atoms with Crippen LogP contribution in [-0.4, -0.2) is 20.6 Å². The van der Waals surface area contributed by atoms with Crippen LogP contribution in [0.2, 0.25) is 0 Å². The van der Waals surface area contributed by atoms with Gasteiger partial charge in [0.1, 0.15) is 12.2 Å². The summed E-state index contributed by atoms with van der Waals surface area (Å²) in [5, 5.41) is 6.98. The maximum absolute atomic E-state index is 12.5. The van der Waals surface area contributed by atoms with E-state index < -0.39 is 0 Å². The number of hydrogen-bond acceptors (Lipinski definition) is 4. The summed E-state index contributed by atoms with van der Waals surface area (Å²) in [5.74, 6) is 1.23. The maximum atomic E-state index is 12.5. The molecule has 2 heterocycles. The Hall–Kier alpha value is -3.67. The highest BCUT2D eigenvalue weighted by Crippen LogP contribution is 2.23. The van der Waals surface area contributed by atoms with Gasteiger partial charge >= 0.3 is 0 Å². The van der Waals surface area contributed by atoms with Crippen molar-refractivity contribution in [3.63, 3.8) is 0 Å². The van der Waals surface area contributed by atoms with E-state index in [0.29, 0.717) is 23.3 Å². The number of carbonyl (C=O) groups is 1. The van der Waals surface area contributed by atoms with Crippen LogP contribution in [0, 0.1) is 0 Å². The van der Waals surface area contributed by atoms with Gasteiger partial charge in [-0.05, 0) is 35.7 Å². The number of anilines is 1. The van der Waals surface area contributed by atoms with Crippen LogP contribution < -0.4 is 5.32 Å². The Morgan fingerprint density at radius 3 is 2.52 bits per heavy atom. The predicted molar refractivity (Wildman–Crippen MR) is 112 cm³/mol. The van der Waals surface area contributed by atoms with E-state index in [0.717, 1.165) is 11.3 Å². The van der Waals surface area contributed by atoms with Crippen LogP contribution in [0.1, 0.15) is 25.3 Å². The Bertz CT molecular complexity index is 1100. The standard InChI is InChI=1S/C23H22N4O2/c1-16(2)17-10-12-19(13-11-17)24-21(28)15-27-14-6-9-20(27)23-25-22(26-29-23)18-7-4-3-5-8-18/h3-14,16H,15H2,1-2H3,(H,24,28). The molecule has 146 valence electrons. The van der Waals surface area contributed by atoms with Crippen LogP contribution in [0.4, 0.5) is 5.69 Å². The molecule has 0 aliphatic rings. The minimum atomic E-state index is -0.123. The number of benzene rings is 2. The van der Waals surface area contributed by atoms with Crippen LogP contribution >= 0.6 is 0 Å². The molecule has 1 amide bonds. The molecule has 0 aliphatic heterocycles. The van der Waals surface area contributed by atoms with E-state index in [1.54, 1.807) is 4.57 Å². The summed E-state index contributed by atoms with van der Waals surface area (Å²) in [6.07, 6.45) is 1.82. The number of amides is 1. The normalized spacial score (nSPS) is 11.0. The molecule has 2 aromatic heterocycles. The lowest BCUT2D eigenvalue weighted by Crippen LogP contribution is -2.18. The first kappa shape index (κ1) is 18.7. The molecule has 1 N–H and O–H groups in total. The number of nitrogens with zero attached hydrogens (tertiary/aromatic N) is 3. The fraction of sp³-hybridized carbons (Fsp3) is 0.174. The number of aromatic nitrogens is 3. The minimum Gasteiger partial charge on any atom is -0.334 e. The van der Waals surface area contributed by atoms with Gasteiger partial charge in [0, 0.05) is 17.4 Å². The molecule has 0 unspecified atom stereocenters. The smallest absolute Gasteiger partial charge is 0.274 e. The molecule has 4 rings (SSSR count). The van der Waals surface area contributed by atoms with E-state index in [4.69, 9.17) is 4.52 Å². The molecule has 6 heteroatoms. The molecule has 0 saturated heterocycles. The topological polar surface area (TPSA) is 73.0 Å². The van der Waals surface area contributed by atoms with Crippen LogP contribution in [0.25, 0.3) is 23.0 Å². The maximum Gasteiger partial charge on any atom is 0.274 e. The number of carbonyl (C=O) groups excluding carboxylic acids is 1. The van der Waals surface area contributed by atoms with Crippen molar-refractivity contribution < 1.29 is 9.32 Å². The molecular weight excluding hydrogens is 364 g/mol. The van der Waals surface area contributed by atoms with Crippen molar-refractivity contribution >= 4 is 11.6 Å². The summed E-state index contributed by atoms with van der Waals surface area (Å²) in [6.45, 7) is 4.43. The average molecular weight is 386 g/mol. The van der Waals surface area contributed by atoms with Crippen molar-refractivity contribution in [3.05, 3.63) is 78.5 Å². The fourth-order valence-corrected chi connectivity index (χ4v) is 3.08. The first-order valence-corrected chi connectivity index (χ1v) is 9.54. The van der Waals surface area contributed by atoms with E-state index in [1.165, 1.54) is 5.56 Å². The van der Waals surface area contributed by atoms with Gasteiger partial charge in [0.05, 0.1) is 0 Å². The molecule has 0 atom stereocenters. The highest BCUT2D eigenvalue weighted by atomic mass is 16.5.